The first-order valence-corrected chi connectivity index (χ1v) is 10.3. The van der Waals surface area contributed by atoms with Crippen LogP contribution in [0.25, 0.3) is 0 Å². The lowest BCUT2D eigenvalue weighted by molar-refractivity contribution is -0.129. The molecule has 1 aromatic rings. The summed E-state index contributed by atoms with van der Waals surface area (Å²) in [6.45, 7) is 1.14. The molecule has 24 heavy (non-hydrogen) atoms. The molecule has 1 aliphatic heterocycles. The molecule has 2 aliphatic rings. The van der Waals surface area contributed by atoms with E-state index in [1.807, 2.05) is 6.07 Å². The second kappa shape index (κ2) is 6.15. The fourth-order valence-corrected chi connectivity index (χ4v) is 5.17. The molecule has 1 atom stereocenters. The van der Waals surface area contributed by atoms with Crippen LogP contribution in [0, 0.1) is 0 Å². The Morgan fingerprint density at radius 3 is 2.46 bits per heavy atom. The minimum Gasteiger partial charge on any atom is -0.349 e. The summed E-state index contributed by atoms with van der Waals surface area (Å²) in [5.41, 5.74) is 2.63. The van der Waals surface area contributed by atoms with Crippen molar-refractivity contribution in [3.8, 4) is 0 Å². The number of sulfonamides is 1. The largest absolute Gasteiger partial charge is 0.349 e. The predicted octanol–water partition coefficient (Wildman–Crippen LogP) is 1.95. The molecule has 1 amide bonds. The minimum atomic E-state index is -3.12. The van der Waals surface area contributed by atoms with E-state index in [1.165, 1.54) is 17.4 Å². The number of piperidine rings is 1. The van der Waals surface area contributed by atoms with Gasteiger partial charge in [0.25, 0.3) is 0 Å². The van der Waals surface area contributed by atoms with Crippen LogP contribution in [-0.2, 0) is 20.2 Å². The van der Waals surface area contributed by atoms with Crippen molar-refractivity contribution in [1.82, 2.24) is 9.21 Å². The lowest BCUT2D eigenvalue weighted by Gasteiger charge is -2.39. The van der Waals surface area contributed by atoms with Gasteiger partial charge >= 0.3 is 0 Å². The van der Waals surface area contributed by atoms with E-state index in [0.717, 1.165) is 19.3 Å². The maximum Gasteiger partial charge on any atom is 0.222 e. The molecule has 1 saturated heterocycles. The van der Waals surface area contributed by atoms with Gasteiger partial charge in [-0.1, -0.05) is 24.3 Å². The summed E-state index contributed by atoms with van der Waals surface area (Å²) >= 11 is 0. The molecule has 132 valence electrons. The molecule has 1 spiro atoms. The lowest BCUT2D eigenvalue weighted by atomic mass is 9.73. The third kappa shape index (κ3) is 3.09. The molecule has 1 aliphatic carbocycles. The highest BCUT2D eigenvalue weighted by Gasteiger charge is 2.46. The highest BCUT2D eigenvalue weighted by Crippen LogP contribution is 2.52. The van der Waals surface area contributed by atoms with E-state index >= 15 is 0 Å². The molecule has 0 unspecified atom stereocenters. The molecule has 1 heterocycles. The standard InChI is InChI=1S/C18H26N2O3S/c1-19(2)17(21)12-14-13-18(16-7-5-4-6-15(14)16)8-10-20(11-9-18)24(3,22)23/h4-7,14H,8-13H2,1-3H3/t14-/m1/s1. The third-order valence-electron chi connectivity index (χ3n) is 5.68. The van der Waals surface area contributed by atoms with Gasteiger partial charge in [0.05, 0.1) is 6.26 Å². The van der Waals surface area contributed by atoms with Crippen molar-refractivity contribution in [3.05, 3.63) is 35.4 Å². The monoisotopic (exact) mass is 350 g/mol. The number of amides is 1. The molecule has 0 bridgehead atoms. The Morgan fingerprint density at radius 2 is 1.88 bits per heavy atom. The normalized spacial score (nSPS) is 23.2. The Bertz CT molecular complexity index is 734. The molecule has 1 aromatic carbocycles. The summed E-state index contributed by atoms with van der Waals surface area (Å²) in [7, 11) is 0.470. The van der Waals surface area contributed by atoms with E-state index in [-0.39, 0.29) is 17.2 Å². The van der Waals surface area contributed by atoms with Crippen molar-refractivity contribution in [3.63, 3.8) is 0 Å². The molecule has 3 rings (SSSR count). The van der Waals surface area contributed by atoms with Crippen LogP contribution in [0.5, 0.6) is 0 Å². The summed E-state index contributed by atoms with van der Waals surface area (Å²) in [4.78, 5) is 13.9. The first-order chi connectivity index (χ1) is 11.2. The van der Waals surface area contributed by atoms with Crippen LogP contribution in [0.4, 0.5) is 0 Å². The van der Waals surface area contributed by atoms with Crippen molar-refractivity contribution in [2.24, 2.45) is 0 Å². The average molecular weight is 350 g/mol. The summed E-state index contributed by atoms with van der Waals surface area (Å²) in [5.74, 6) is 0.390. The molecule has 0 aromatic heterocycles. The zero-order chi connectivity index (χ0) is 17.5. The van der Waals surface area contributed by atoms with Gasteiger partial charge in [-0.2, -0.15) is 0 Å². The molecule has 6 heteroatoms. The Kier molecular flexibility index (Phi) is 4.47. The van der Waals surface area contributed by atoms with E-state index in [2.05, 4.69) is 18.2 Å². The zero-order valence-electron chi connectivity index (χ0n) is 14.7. The summed E-state index contributed by atoms with van der Waals surface area (Å²) in [6.07, 6.45) is 4.44. The SMILES string of the molecule is CN(C)C(=O)C[C@@H]1CC2(CCN(S(C)(=O)=O)CC2)c2ccccc21. The van der Waals surface area contributed by atoms with E-state index < -0.39 is 10.0 Å². The Balaban J connectivity index is 1.85. The number of hydrogen-bond donors (Lipinski definition) is 0. The van der Waals surface area contributed by atoms with Crippen LogP contribution in [0.3, 0.4) is 0 Å². The zero-order valence-corrected chi connectivity index (χ0v) is 15.5. The van der Waals surface area contributed by atoms with Gasteiger partial charge < -0.3 is 4.90 Å². The van der Waals surface area contributed by atoms with Gasteiger partial charge in [-0.3, -0.25) is 4.79 Å². The highest BCUT2D eigenvalue weighted by atomic mass is 32.2. The molecular weight excluding hydrogens is 324 g/mol. The van der Waals surface area contributed by atoms with Gasteiger partial charge in [-0.25, -0.2) is 12.7 Å². The number of nitrogens with zero attached hydrogens (tertiary/aromatic N) is 2. The Labute approximate surface area is 144 Å². The second-order valence-electron chi connectivity index (χ2n) is 7.42. The number of carbonyl (C=O) groups excluding carboxylic acids is 1. The average Bonchev–Trinajstić information content (AvgIpc) is 2.81. The number of benzene rings is 1. The van der Waals surface area contributed by atoms with Crippen LogP contribution in [-0.4, -0.2) is 57.0 Å². The smallest absolute Gasteiger partial charge is 0.222 e. The van der Waals surface area contributed by atoms with Crippen LogP contribution in [0.1, 0.15) is 42.7 Å². The number of carbonyl (C=O) groups is 1. The van der Waals surface area contributed by atoms with Crippen molar-refractivity contribution in [1.29, 1.82) is 0 Å². The number of fused-ring (bicyclic) bond motifs is 2. The van der Waals surface area contributed by atoms with Crippen LogP contribution in [0.2, 0.25) is 0 Å². The van der Waals surface area contributed by atoms with Gasteiger partial charge in [0.2, 0.25) is 15.9 Å². The number of rotatable bonds is 3. The fourth-order valence-electron chi connectivity index (χ4n) is 4.32. The van der Waals surface area contributed by atoms with E-state index in [0.29, 0.717) is 19.5 Å². The first kappa shape index (κ1) is 17.4. The van der Waals surface area contributed by atoms with Gasteiger partial charge in [-0.15, -0.1) is 0 Å². The van der Waals surface area contributed by atoms with Crippen molar-refractivity contribution in [2.45, 2.75) is 37.0 Å². The lowest BCUT2D eigenvalue weighted by Crippen LogP contribution is -2.44. The molecule has 5 nitrogen and oxygen atoms in total. The quantitative estimate of drug-likeness (QED) is 0.837. The van der Waals surface area contributed by atoms with E-state index in [9.17, 15) is 13.2 Å². The van der Waals surface area contributed by atoms with Crippen LogP contribution in [0.15, 0.2) is 24.3 Å². The molecule has 1 fully saturated rings. The van der Waals surface area contributed by atoms with Crippen molar-refractivity contribution >= 4 is 15.9 Å². The minimum absolute atomic E-state index is 0.0229. The summed E-state index contributed by atoms with van der Waals surface area (Å²) < 4.78 is 25.2. The van der Waals surface area contributed by atoms with E-state index in [4.69, 9.17) is 0 Å². The Morgan fingerprint density at radius 1 is 1.25 bits per heavy atom. The predicted molar refractivity (Wildman–Crippen MR) is 94.4 cm³/mol. The summed E-state index contributed by atoms with van der Waals surface area (Å²) in [6, 6.07) is 8.41. The topological polar surface area (TPSA) is 57.7 Å². The van der Waals surface area contributed by atoms with Crippen molar-refractivity contribution in [2.75, 3.05) is 33.4 Å². The maximum absolute atomic E-state index is 12.2. The second-order valence-corrected chi connectivity index (χ2v) is 9.41. The first-order valence-electron chi connectivity index (χ1n) is 8.48. The molecular formula is C18H26N2O3S. The summed E-state index contributed by atoms with van der Waals surface area (Å²) in [5, 5.41) is 0. The third-order valence-corrected chi connectivity index (χ3v) is 6.98. The molecule has 0 radical (unpaired) electrons. The van der Waals surface area contributed by atoms with Gasteiger partial charge in [-0.05, 0) is 41.7 Å². The maximum atomic E-state index is 12.2. The number of hydrogen-bond acceptors (Lipinski definition) is 3. The van der Waals surface area contributed by atoms with Crippen LogP contribution < -0.4 is 0 Å². The molecule has 0 N–H and O–H groups in total. The fraction of sp³-hybridized carbons (Fsp3) is 0.611. The van der Waals surface area contributed by atoms with Gasteiger partial charge in [0, 0.05) is 33.6 Å². The van der Waals surface area contributed by atoms with E-state index in [1.54, 1.807) is 23.3 Å². The van der Waals surface area contributed by atoms with Crippen LogP contribution >= 0.6 is 0 Å². The van der Waals surface area contributed by atoms with Gasteiger partial charge in [0.15, 0.2) is 0 Å². The highest BCUT2D eigenvalue weighted by molar-refractivity contribution is 7.88. The Hall–Kier alpha value is -1.40. The van der Waals surface area contributed by atoms with Crippen molar-refractivity contribution < 1.29 is 13.2 Å². The van der Waals surface area contributed by atoms with Gasteiger partial charge in [0.1, 0.15) is 0 Å². The molecule has 0 saturated carbocycles.